The van der Waals surface area contributed by atoms with E-state index in [9.17, 15) is 5.11 Å². The molecule has 2 aliphatic rings. The SMILES string of the molecule is COc1ccc(-c2cccc([C@@H]3OC(C)(C)[C@H]4C[C@H]3[C@H](C)[C@@H](O)C4)c2)cc1. The van der Waals surface area contributed by atoms with Crippen molar-refractivity contribution in [1.29, 1.82) is 0 Å². The van der Waals surface area contributed by atoms with Gasteiger partial charge in [0.25, 0.3) is 0 Å². The summed E-state index contributed by atoms with van der Waals surface area (Å²) in [7, 11) is 1.69. The van der Waals surface area contributed by atoms with Gasteiger partial charge in [0.2, 0.25) is 0 Å². The van der Waals surface area contributed by atoms with E-state index in [1.165, 1.54) is 16.7 Å². The van der Waals surface area contributed by atoms with Crippen molar-refractivity contribution < 1.29 is 14.6 Å². The molecule has 144 valence electrons. The van der Waals surface area contributed by atoms with Gasteiger partial charge >= 0.3 is 0 Å². The maximum atomic E-state index is 10.6. The standard InChI is InChI=1S/C24H30O3/c1-15-21-13-19(14-22(15)25)24(2,3)27-23(21)18-7-5-6-17(12-18)16-8-10-20(26-4)11-9-16/h5-12,15,19,21-23,25H,13-14H2,1-4H3/t15-,19-,21-,22-,23-/m0/s1. The molecule has 1 saturated heterocycles. The molecule has 0 amide bonds. The van der Waals surface area contributed by atoms with Gasteiger partial charge in [-0.2, -0.15) is 0 Å². The molecule has 5 atom stereocenters. The Kier molecular flexibility index (Phi) is 4.77. The van der Waals surface area contributed by atoms with E-state index in [-0.39, 0.29) is 23.7 Å². The average molecular weight is 367 g/mol. The second-order valence-electron chi connectivity index (χ2n) is 8.75. The van der Waals surface area contributed by atoms with E-state index in [0.717, 1.165) is 18.6 Å². The molecular formula is C24H30O3. The zero-order valence-corrected chi connectivity index (χ0v) is 16.7. The molecule has 1 N–H and O–H groups in total. The summed E-state index contributed by atoms with van der Waals surface area (Å²) in [6.45, 7) is 6.53. The fourth-order valence-electron chi connectivity index (χ4n) is 4.90. The Labute approximate surface area is 162 Å². The maximum Gasteiger partial charge on any atom is 0.118 e. The predicted octanol–water partition coefficient (Wildman–Crippen LogP) is 5.24. The lowest BCUT2D eigenvalue weighted by Gasteiger charge is -2.53. The first-order valence-corrected chi connectivity index (χ1v) is 9.99. The summed E-state index contributed by atoms with van der Waals surface area (Å²) in [6.07, 6.45) is 1.77. The molecule has 0 aromatic heterocycles. The van der Waals surface area contributed by atoms with Crippen LogP contribution in [0.5, 0.6) is 5.75 Å². The van der Waals surface area contributed by atoms with Gasteiger partial charge in [-0.3, -0.25) is 0 Å². The molecule has 2 bridgehead atoms. The van der Waals surface area contributed by atoms with Gasteiger partial charge < -0.3 is 14.6 Å². The Morgan fingerprint density at radius 1 is 1.04 bits per heavy atom. The lowest BCUT2D eigenvalue weighted by Crippen LogP contribution is -2.52. The van der Waals surface area contributed by atoms with Crippen molar-refractivity contribution in [3.63, 3.8) is 0 Å². The van der Waals surface area contributed by atoms with Gasteiger partial charge in [-0.15, -0.1) is 0 Å². The molecule has 2 fully saturated rings. The fraction of sp³-hybridized carbons (Fsp3) is 0.500. The molecule has 1 aliphatic carbocycles. The second-order valence-corrected chi connectivity index (χ2v) is 8.75. The highest BCUT2D eigenvalue weighted by Gasteiger charge is 2.50. The molecule has 3 heteroatoms. The summed E-state index contributed by atoms with van der Waals surface area (Å²) in [4.78, 5) is 0. The van der Waals surface area contributed by atoms with Crippen LogP contribution < -0.4 is 4.74 Å². The average Bonchev–Trinajstić information content (AvgIpc) is 2.68. The molecule has 27 heavy (non-hydrogen) atoms. The molecule has 3 nitrogen and oxygen atoms in total. The van der Waals surface area contributed by atoms with Crippen LogP contribution in [0.25, 0.3) is 11.1 Å². The van der Waals surface area contributed by atoms with E-state index in [0.29, 0.717) is 11.8 Å². The largest absolute Gasteiger partial charge is 0.497 e. The number of hydrogen-bond donors (Lipinski definition) is 1. The van der Waals surface area contributed by atoms with Crippen LogP contribution in [0, 0.1) is 17.8 Å². The van der Waals surface area contributed by atoms with Gasteiger partial charge in [0.1, 0.15) is 5.75 Å². The zero-order chi connectivity index (χ0) is 19.2. The van der Waals surface area contributed by atoms with Crippen molar-refractivity contribution in [2.45, 2.75) is 51.4 Å². The van der Waals surface area contributed by atoms with E-state index in [1.54, 1.807) is 7.11 Å². The summed E-state index contributed by atoms with van der Waals surface area (Å²) >= 11 is 0. The molecular weight excluding hydrogens is 336 g/mol. The minimum atomic E-state index is -0.232. The maximum absolute atomic E-state index is 10.6. The van der Waals surface area contributed by atoms with Gasteiger partial charge in [-0.1, -0.05) is 37.3 Å². The topological polar surface area (TPSA) is 38.7 Å². The zero-order valence-electron chi connectivity index (χ0n) is 16.7. The Morgan fingerprint density at radius 3 is 2.48 bits per heavy atom. The van der Waals surface area contributed by atoms with Crippen molar-refractivity contribution in [3.05, 3.63) is 54.1 Å². The minimum absolute atomic E-state index is 0.0272. The molecule has 2 aromatic carbocycles. The number of methoxy groups -OCH3 is 1. The molecule has 1 aliphatic heterocycles. The Morgan fingerprint density at radius 2 is 1.78 bits per heavy atom. The van der Waals surface area contributed by atoms with Crippen molar-refractivity contribution in [2.24, 2.45) is 17.8 Å². The first-order valence-electron chi connectivity index (χ1n) is 9.99. The minimum Gasteiger partial charge on any atom is -0.497 e. The van der Waals surface area contributed by atoms with E-state index in [4.69, 9.17) is 9.47 Å². The highest BCUT2D eigenvalue weighted by Crippen LogP contribution is 2.53. The highest BCUT2D eigenvalue weighted by molar-refractivity contribution is 5.65. The van der Waals surface area contributed by atoms with Crippen LogP contribution in [0.1, 0.15) is 45.3 Å². The molecule has 0 unspecified atom stereocenters. The summed E-state index contributed by atoms with van der Waals surface area (Å²) in [5, 5.41) is 10.6. The van der Waals surface area contributed by atoms with E-state index < -0.39 is 0 Å². The Balaban J connectivity index is 1.67. The van der Waals surface area contributed by atoms with Crippen molar-refractivity contribution >= 4 is 0 Å². The third-order valence-corrected chi connectivity index (χ3v) is 6.81. The molecule has 4 rings (SSSR count). The lowest BCUT2D eigenvalue weighted by molar-refractivity contribution is -0.215. The summed E-state index contributed by atoms with van der Waals surface area (Å²) in [6, 6.07) is 16.8. The molecule has 0 radical (unpaired) electrons. The number of aliphatic hydroxyl groups excluding tert-OH is 1. The van der Waals surface area contributed by atoms with E-state index in [2.05, 4.69) is 57.2 Å². The van der Waals surface area contributed by atoms with Crippen molar-refractivity contribution in [3.8, 4) is 16.9 Å². The van der Waals surface area contributed by atoms with Crippen LogP contribution in [0.4, 0.5) is 0 Å². The smallest absolute Gasteiger partial charge is 0.118 e. The predicted molar refractivity (Wildman–Crippen MR) is 108 cm³/mol. The second kappa shape index (κ2) is 6.96. The number of hydrogen-bond acceptors (Lipinski definition) is 3. The number of benzene rings is 2. The van der Waals surface area contributed by atoms with Gasteiger partial charge in [0.05, 0.1) is 24.9 Å². The summed E-state index contributed by atoms with van der Waals surface area (Å²) in [5.41, 5.74) is 3.35. The van der Waals surface area contributed by atoms with Crippen LogP contribution in [0.3, 0.4) is 0 Å². The summed E-state index contributed by atoms with van der Waals surface area (Å²) < 4.78 is 11.9. The van der Waals surface area contributed by atoms with Crippen LogP contribution in [0.2, 0.25) is 0 Å². The number of fused-ring (bicyclic) bond motifs is 2. The number of rotatable bonds is 3. The van der Waals surface area contributed by atoms with Crippen LogP contribution in [-0.2, 0) is 4.74 Å². The molecule has 0 spiro atoms. The summed E-state index contributed by atoms with van der Waals surface area (Å²) in [5.74, 6) is 1.91. The third kappa shape index (κ3) is 3.39. The molecule has 1 saturated carbocycles. The van der Waals surface area contributed by atoms with Gasteiger partial charge in [0, 0.05) is 0 Å². The van der Waals surface area contributed by atoms with Crippen LogP contribution in [0.15, 0.2) is 48.5 Å². The quantitative estimate of drug-likeness (QED) is 0.808. The van der Waals surface area contributed by atoms with Crippen LogP contribution in [-0.4, -0.2) is 23.9 Å². The Bertz CT molecular complexity index is 796. The highest BCUT2D eigenvalue weighted by atomic mass is 16.5. The van der Waals surface area contributed by atoms with Gasteiger partial charge in [0.15, 0.2) is 0 Å². The van der Waals surface area contributed by atoms with E-state index >= 15 is 0 Å². The normalized spacial score (nSPS) is 32.1. The first kappa shape index (κ1) is 18.5. The monoisotopic (exact) mass is 366 g/mol. The van der Waals surface area contributed by atoms with Crippen molar-refractivity contribution in [1.82, 2.24) is 0 Å². The number of aliphatic hydroxyl groups is 1. The van der Waals surface area contributed by atoms with Gasteiger partial charge in [-0.05, 0) is 79.3 Å². The fourth-order valence-corrected chi connectivity index (χ4v) is 4.90. The molecule has 1 heterocycles. The molecule has 2 aromatic rings. The Hall–Kier alpha value is -1.84. The van der Waals surface area contributed by atoms with E-state index in [1.807, 2.05) is 12.1 Å². The number of ether oxygens (including phenoxy) is 2. The first-order chi connectivity index (χ1) is 12.9. The van der Waals surface area contributed by atoms with Crippen molar-refractivity contribution in [2.75, 3.05) is 7.11 Å². The third-order valence-electron chi connectivity index (χ3n) is 6.81. The van der Waals surface area contributed by atoms with Crippen LogP contribution >= 0.6 is 0 Å². The van der Waals surface area contributed by atoms with Gasteiger partial charge in [-0.25, -0.2) is 0 Å². The lowest BCUT2D eigenvalue weighted by atomic mass is 9.63.